The van der Waals surface area contributed by atoms with Crippen molar-refractivity contribution in [1.29, 1.82) is 0 Å². The van der Waals surface area contributed by atoms with Gasteiger partial charge >= 0.3 is 5.97 Å². The van der Waals surface area contributed by atoms with Crippen molar-refractivity contribution in [1.82, 2.24) is 19.6 Å². The molecule has 2 aromatic rings. The van der Waals surface area contributed by atoms with Gasteiger partial charge in [0.25, 0.3) is 0 Å². The highest BCUT2D eigenvalue weighted by Crippen LogP contribution is 2.22. The highest BCUT2D eigenvalue weighted by Gasteiger charge is 2.14. The zero-order valence-electron chi connectivity index (χ0n) is 9.49. The minimum atomic E-state index is -0.804. The van der Waals surface area contributed by atoms with Crippen LogP contribution < -0.4 is 0 Å². The molecule has 0 aromatic carbocycles. The van der Waals surface area contributed by atoms with Crippen LogP contribution in [0.3, 0.4) is 0 Å². The summed E-state index contributed by atoms with van der Waals surface area (Å²) in [6, 6.07) is 0. The van der Waals surface area contributed by atoms with Crippen molar-refractivity contribution in [3.8, 4) is 0 Å². The molecule has 0 amide bonds. The van der Waals surface area contributed by atoms with E-state index in [2.05, 4.69) is 15.2 Å². The van der Waals surface area contributed by atoms with Gasteiger partial charge in [0.15, 0.2) is 5.65 Å². The van der Waals surface area contributed by atoms with Gasteiger partial charge in [0.05, 0.1) is 5.92 Å². The number of hydrogen-bond donors (Lipinski definition) is 1. The standard InChI is InChI=1S/C10H12N4O2S/c1-6(10(15)16)5-17-9-8-13-12-7(2)14(8)4-3-11-9/h3-4,6H,5H2,1-2H3,(H,15,16). The number of aromatic nitrogens is 4. The summed E-state index contributed by atoms with van der Waals surface area (Å²) in [4.78, 5) is 14.9. The number of aryl methyl sites for hydroxylation is 1. The Hall–Kier alpha value is -1.63. The highest BCUT2D eigenvalue weighted by molar-refractivity contribution is 7.99. The fraction of sp³-hybridized carbons (Fsp3) is 0.400. The summed E-state index contributed by atoms with van der Waals surface area (Å²) in [6.45, 7) is 3.53. The minimum Gasteiger partial charge on any atom is -0.481 e. The topological polar surface area (TPSA) is 80.4 Å². The van der Waals surface area contributed by atoms with Crippen LogP contribution >= 0.6 is 11.8 Å². The van der Waals surface area contributed by atoms with Gasteiger partial charge < -0.3 is 5.11 Å². The molecule has 0 aliphatic heterocycles. The molecule has 2 rings (SSSR count). The summed E-state index contributed by atoms with van der Waals surface area (Å²) in [5, 5.41) is 17.5. The monoisotopic (exact) mass is 252 g/mol. The summed E-state index contributed by atoms with van der Waals surface area (Å²) in [5.41, 5.74) is 0.674. The zero-order chi connectivity index (χ0) is 12.4. The largest absolute Gasteiger partial charge is 0.481 e. The summed E-state index contributed by atoms with van der Waals surface area (Å²) in [5.74, 6) is 0.0391. The molecule has 7 heteroatoms. The van der Waals surface area contributed by atoms with E-state index < -0.39 is 11.9 Å². The molecule has 0 spiro atoms. The van der Waals surface area contributed by atoms with Crippen molar-refractivity contribution in [2.45, 2.75) is 18.9 Å². The third-order valence-electron chi connectivity index (χ3n) is 2.36. The second-order valence-electron chi connectivity index (χ2n) is 3.72. The maximum Gasteiger partial charge on any atom is 0.307 e. The quantitative estimate of drug-likeness (QED) is 0.825. The summed E-state index contributed by atoms with van der Waals surface area (Å²) < 4.78 is 1.83. The number of aliphatic carboxylic acids is 1. The Morgan fingerprint density at radius 2 is 2.35 bits per heavy atom. The predicted octanol–water partition coefficient (Wildman–Crippen LogP) is 1.25. The van der Waals surface area contributed by atoms with Gasteiger partial charge in [0.2, 0.25) is 0 Å². The average molecular weight is 252 g/mol. The van der Waals surface area contributed by atoms with Crippen molar-refractivity contribution >= 4 is 23.4 Å². The van der Waals surface area contributed by atoms with Crippen molar-refractivity contribution in [3.63, 3.8) is 0 Å². The SMILES string of the molecule is Cc1nnc2c(SCC(C)C(=O)O)nccn12. The fourth-order valence-electron chi connectivity index (χ4n) is 1.30. The average Bonchev–Trinajstić information content (AvgIpc) is 2.69. The van der Waals surface area contributed by atoms with Crippen molar-refractivity contribution in [2.24, 2.45) is 5.92 Å². The lowest BCUT2D eigenvalue weighted by Crippen LogP contribution is -2.11. The van der Waals surface area contributed by atoms with Crippen molar-refractivity contribution < 1.29 is 9.90 Å². The van der Waals surface area contributed by atoms with Crippen LogP contribution in [0, 0.1) is 12.8 Å². The fourth-order valence-corrected chi connectivity index (χ4v) is 2.25. The molecule has 2 heterocycles. The first kappa shape index (κ1) is 11.8. The summed E-state index contributed by atoms with van der Waals surface area (Å²) in [7, 11) is 0. The van der Waals surface area contributed by atoms with Crippen LogP contribution in [0.25, 0.3) is 5.65 Å². The number of hydrogen-bond acceptors (Lipinski definition) is 5. The predicted molar refractivity (Wildman–Crippen MR) is 63.0 cm³/mol. The van der Waals surface area contributed by atoms with Crippen LogP contribution in [0.1, 0.15) is 12.7 Å². The lowest BCUT2D eigenvalue weighted by Gasteiger charge is -2.05. The van der Waals surface area contributed by atoms with Gasteiger partial charge in [-0.15, -0.1) is 22.0 Å². The Balaban J connectivity index is 2.21. The lowest BCUT2D eigenvalue weighted by molar-refractivity contribution is -0.140. The number of carboxylic acid groups (broad SMARTS) is 1. The molecule has 90 valence electrons. The molecule has 6 nitrogen and oxygen atoms in total. The molecule has 0 bridgehead atoms. The molecule has 0 fully saturated rings. The molecule has 1 N–H and O–H groups in total. The van der Waals surface area contributed by atoms with Gasteiger partial charge in [-0.3, -0.25) is 9.20 Å². The third-order valence-corrected chi connectivity index (χ3v) is 3.58. The first-order valence-electron chi connectivity index (χ1n) is 5.11. The number of nitrogens with zero attached hydrogens (tertiary/aromatic N) is 4. The van der Waals surface area contributed by atoms with Crippen LogP contribution in [-0.4, -0.2) is 36.4 Å². The number of rotatable bonds is 4. The molecular formula is C10H12N4O2S. The second kappa shape index (κ2) is 4.70. The van der Waals surface area contributed by atoms with Crippen LogP contribution in [0.2, 0.25) is 0 Å². The molecule has 0 aliphatic carbocycles. The number of carbonyl (C=O) groups is 1. The third kappa shape index (κ3) is 2.38. The maximum atomic E-state index is 10.7. The molecule has 17 heavy (non-hydrogen) atoms. The molecular weight excluding hydrogens is 240 g/mol. The zero-order valence-corrected chi connectivity index (χ0v) is 10.3. The normalized spacial score (nSPS) is 12.8. The smallest absolute Gasteiger partial charge is 0.307 e. The molecule has 0 saturated heterocycles. The molecule has 2 aromatic heterocycles. The second-order valence-corrected chi connectivity index (χ2v) is 4.73. The van der Waals surface area contributed by atoms with E-state index in [1.165, 1.54) is 11.8 Å². The molecule has 0 radical (unpaired) electrons. The van der Waals surface area contributed by atoms with E-state index in [4.69, 9.17) is 5.11 Å². The maximum absolute atomic E-state index is 10.7. The molecule has 1 unspecified atom stereocenters. The van der Waals surface area contributed by atoms with E-state index in [1.54, 1.807) is 19.3 Å². The van der Waals surface area contributed by atoms with E-state index in [1.807, 2.05) is 11.3 Å². The Kier molecular flexibility index (Phi) is 3.28. The van der Waals surface area contributed by atoms with Gasteiger partial charge in [0.1, 0.15) is 10.9 Å². The summed E-state index contributed by atoms with van der Waals surface area (Å²) >= 11 is 1.38. The number of carboxylic acids is 1. The van der Waals surface area contributed by atoms with E-state index in [0.29, 0.717) is 16.4 Å². The Morgan fingerprint density at radius 1 is 1.59 bits per heavy atom. The van der Waals surface area contributed by atoms with E-state index in [0.717, 1.165) is 5.82 Å². The Morgan fingerprint density at radius 3 is 3.06 bits per heavy atom. The van der Waals surface area contributed by atoms with Gasteiger partial charge in [-0.05, 0) is 6.92 Å². The van der Waals surface area contributed by atoms with E-state index in [9.17, 15) is 4.79 Å². The van der Waals surface area contributed by atoms with Crippen LogP contribution in [-0.2, 0) is 4.79 Å². The van der Waals surface area contributed by atoms with E-state index >= 15 is 0 Å². The van der Waals surface area contributed by atoms with Crippen LogP contribution in [0.4, 0.5) is 0 Å². The highest BCUT2D eigenvalue weighted by atomic mass is 32.2. The van der Waals surface area contributed by atoms with E-state index in [-0.39, 0.29) is 0 Å². The molecule has 1 atom stereocenters. The van der Waals surface area contributed by atoms with Gasteiger partial charge in [-0.2, -0.15) is 0 Å². The number of thioether (sulfide) groups is 1. The molecule has 0 aliphatic rings. The summed E-state index contributed by atoms with van der Waals surface area (Å²) in [6.07, 6.45) is 3.45. The van der Waals surface area contributed by atoms with Gasteiger partial charge in [-0.25, -0.2) is 4.98 Å². The van der Waals surface area contributed by atoms with Gasteiger partial charge in [-0.1, -0.05) is 6.92 Å². The van der Waals surface area contributed by atoms with Crippen molar-refractivity contribution in [3.05, 3.63) is 18.2 Å². The first-order chi connectivity index (χ1) is 8.09. The van der Waals surface area contributed by atoms with Gasteiger partial charge in [0, 0.05) is 18.1 Å². The first-order valence-corrected chi connectivity index (χ1v) is 6.10. The Labute approximate surface area is 102 Å². The lowest BCUT2D eigenvalue weighted by atomic mass is 10.2. The van der Waals surface area contributed by atoms with Crippen molar-refractivity contribution in [2.75, 3.05) is 5.75 Å². The van der Waals surface area contributed by atoms with Crippen LogP contribution in [0.5, 0.6) is 0 Å². The van der Waals surface area contributed by atoms with Crippen LogP contribution in [0.15, 0.2) is 17.4 Å². The number of fused-ring (bicyclic) bond motifs is 1. The Bertz CT molecular complexity index is 554. The minimum absolute atomic E-state index is 0.411. The molecule has 0 saturated carbocycles.